The maximum absolute atomic E-state index is 12.5. The van der Waals surface area contributed by atoms with Gasteiger partial charge >= 0.3 is 0 Å². The molecule has 2 rings (SSSR count). The smallest absolute Gasteiger partial charge is 0.244 e. The van der Waals surface area contributed by atoms with Gasteiger partial charge in [-0.05, 0) is 23.3 Å². The van der Waals surface area contributed by atoms with Gasteiger partial charge in [0.15, 0.2) is 0 Å². The van der Waals surface area contributed by atoms with Crippen molar-refractivity contribution in [2.24, 2.45) is 5.73 Å². The second kappa shape index (κ2) is 8.96. The second-order valence-corrected chi connectivity index (χ2v) is 6.14. The molecule has 0 saturated carbocycles. The highest BCUT2D eigenvalue weighted by Gasteiger charge is 2.23. The van der Waals surface area contributed by atoms with Gasteiger partial charge in [-0.15, -0.1) is 0 Å². The Kier molecular flexibility index (Phi) is 6.68. The fourth-order valence-electron chi connectivity index (χ4n) is 2.58. The topological polar surface area (TPSA) is 113 Å². The van der Waals surface area contributed by atoms with Gasteiger partial charge in [-0.25, -0.2) is 0 Å². The summed E-state index contributed by atoms with van der Waals surface area (Å²) in [5, 5.41) is 9.85. The van der Waals surface area contributed by atoms with Crippen LogP contribution in [0.15, 0.2) is 42.5 Å². The molecule has 26 heavy (non-hydrogen) atoms. The van der Waals surface area contributed by atoms with Crippen molar-refractivity contribution in [3.05, 3.63) is 48.0 Å². The molecular formula is C19H24N4O3. The lowest BCUT2D eigenvalue weighted by Gasteiger charge is -2.20. The molecule has 0 radical (unpaired) electrons. The summed E-state index contributed by atoms with van der Waals surface area (Å²) in [4.78, 5) is 35.5. The third-order valence-corrected chi connectivity index (χ3v) is 3.95. The lowest BCUT2D eigenvalue weighted by Crippen LogP contribution is -2.53. The summed E-state index contributed by atoms with van der Waals surface area (Å²) in [5.74, 6) is -1.05. The average Bonchev–Trinajstić information content (AvgIpc) is 2.60. The second-order valence-electron chi connectivity index (χ2n) is 6.14. The molecule has 2 aromatic carbocycles. The fourth-order valence-corrected chi connectivity index (χ4v) is 2.58. The largest absolute Gasteiger partial charge is 0.343 e. The van der Waals surface area contributed by atoms with Crippen molar-refractivity contribution in [1.29, 1.82) is 0 Å². The number of nitrogens with two attached hydrogens (primary N) is 1. The van der Waals surface area contributed by atoms with E-state index in [0.717, 1.165) is 16.3 Å². The highest BCUT2D eigenvalue weighted by Crippen LogP contribution is 2.19. The van der Waals surface area contributed by atoms with Crippen molar-refractivity contribution in [3.8, 4) is 0 Å². The molecule has 2 aromatic rings. The minimum atomic E-state index is -0.798. The molecular weight excluding hydrogens is 332 g/mol. The van der Waals surface area contributed by atoms with Crippen LogP contribution in [-0.2, 0) is 20.8 Å². The number of hydrogen-bond acceptors (Lipinski definition) is 4. The van der Waals surface area contributed by atoms with Crippen LogP contribution in [-0.4, -0.2) is 36.5 Å². The average molecular weight is 356 g/mol. The molecule has 0 aliphatic carbocycles. The van der Waals surface area contributed by atoms with E-state index in [1.54, 1.807) is 6.92 Å². The molecule has 2 unspecified atom stereocenters. The van der Waals surface area contributed by atoms with E-state index in [0.29, 0.717) is 6.42 Å². The zero-order chi connectivity index (χ0) is 19.1. The van der Waals surface area contributed by atoms with Crippen molar-refractivity contribution in [1.82, 2.24) is 16.0 Å². The number of nitrogens with one attached hydrogen (secondary N) is 3. The van der Waals surface area contributed by atoms with Crippen molar-refractivity contribution >= 4 is 28.5 Å². The van der Waals surface area contributed by atoms with Crippen LogP contribution >= 0.6 is 0 Å². The van der Waals surface area contributed by atoms with Crippen molar-refractivity contribution in [2.75, 3.05) is 6.67 Å². The van der Waals surface area contributed by atoms with E-state index in [1.165, 1.54) is 6.92 Å². The molecule has 0 aliphatic heterocycles. The molecule has 0 fully saturated rings. The molecule has 3 amide bonds. The monoisotopic (exact) mass is 356 g/mol. The van der Waals surface area contributed by atoms with Crippen molar-refractivity contribution in [2.45, 2.75) is 32.4 Å². The summed E-state index contributed by atoms with van der Waals surface area (Å²) in [6, 6.07) is 12.1. The SMILES string of the molecule is CC(=O)NCNC(=O)C(Cc1cccc2ccccc12)NC(=O)C(C)N. The van der Waals surface area contributed by atoms with Crippen LogP contribution < -0.4 is 21.7 Å². The summed E-state index contributed by atoms with van der Waals surface area (Å²) >= 11 is 0. The summed E-state index contributed by atoms with van der Waals surface area (Å²) in [5.41, 5.74) is 6.55. The van der Waals surface area contributed by atoms with Gasteiger partial charge in [0, 0.05) is 13.3 Å². The molecule has 0 bridgehead atoms. The highest BCUT2D eigenvalue weighted by molar-refractivity contribution is 5.91. The Balaban J connectivity index is 2.20. The minimum Gasteiger partial charge on any atom is -0.343 e. The Labute approximate surface area is 152 Å². The fraction of sp³-hybridized carbons (Fsp3) is 0.316. The molecule has 0 aliphatic rings. The first kappa shape index (κ1) is 19.4. The van der Waals surface area contributed by atoms with Crippen molar-refractivity contribution in [3.63, 3.8) is 0 Å². The first-order valence-electron chi connectivity index (χ1n) is 8.43. The first-order chi connectivity index (χ1) is 12.4. The van der Waals surface area contributed by atoms with E-state index in [2.05, 4.69) is 16.0 Å². The Bertz CT molecular complexity index is 799. The standard InChI is InChI=1S/C19H24N4O3/c1-12(20)18(25)23-17(19(26)22-11-21-13(2)24)10-15-8-5-7-14-6-3-4-9-16(14)15/h3-9,12,17H,10-11,20H2,1-2H3,(H,21,24)(H,22,26)(H,23,25). The van der Waals surface area contributed by atoms with Crippen LogP contribution in [0.3, 0.4) is 0 Å². The zero-order valence-electron chi connectivity index (χ0n) is 14.9. The van der Waals surface area contributed by atoms with E-state index in [-0.39, 0.29) is 18.5 Å². The number of amides is 3. The number of benzene rings is 2. The summed E-state index contributed by atoms with van der Waals surface area (Å²) in [6.07, 6.45) is 0.311. The highest BCUT2D eigenvalue weighted by atomic mass is 16.2. The quantitative estimate of drug-likeness (QED) is 0.539. The van der Waals surface area contributed by atoms with E-state index < -0.39 is 18.0 Å². The van der Waals surface area contributed by atoms with E-state index in [1.807, 2.05) is 42.5 Å². The lowest BCUT2D eigenvalue weighted by atomic mass is 9.98. The molecule has 7 heteroatoms. The summed E-state index contributed by atoms with van der Waals surface area (Å²) in [6.45, 7) is 2.91. The summed E-state index contributed by atoms with van der Waals surface area (Å²) in [7, 11) is 0. The number of hydrogen-bond donors (Lipinski definition) is 4. The number of fused-ring (bicyclic) bond motifs is 1. The third kappa shape index (κ3) is 5.29. The van der Waals surface area contributed by atoms with Gasteiger partial charge in [0.05, 0.1) is 12.7 Å². The maximum atomic E-state index is 12.5. The Morgan fingerprint density at radius 3 is 2.38 bits per heavy atom. The van der Waals surface area contributed by atoms with Crippen LogP contribution in [0.25, 0.3) is 10.8 Å². The van der Waals surface area contributed by atoms with Gasteiger partial charge in [0.2, 0.25) is 17.7 Å². The van der Waals surface area contributed by atoms with Gasteiger partial charge in [0.25, 0.3) is 0 Å². The van der Waals surface area contributed by atoms with Gasteiger partial charge in [0.1, 0.15) is 6.04 Å². The molecule has 0 spiro atoms. The van der Waals surface area contributed by atoms with Gasteiger partial charge < -0.3 is 21.7 Å². The molecule has 0 aromatic heterocycles. The third-order valence-electron chi connectivity index (χ3n) is 3.95. The molecule has 0 heterocycles. The first-order valence-corrected chi connectivity index (χ1v) is 8.43. The molecule has 138 valence electrons. The minimum absolute atomic E-state index is 0.00570. The van der Waals surface area contributed by atoms with E-state index >= 15 is 0 Å². The number of carbonyl (C=O) groups is 3. The molecule has 0 saturated heterocycles. The number of rotatable bonds is 7. The van der Waals surface area contributed by atoms with E-state index in [9.17, 15) is 14.4 Å². The van der Waals surface area contributed by atoms with Gasteiger partial charge in [-0.3, -0.25) is 14.4 Å². The molecule has 5 N–H and O–H groups in total. The Hall–Kier alpha value is -2.93. The Morgan fingerprint density at radius 1 is 1.00 bits per heavy atom. The molecule has 7 nitrogen and oxygen atoms in total. The summed E-state index contributed by atoms with van der Waals surface area (Å²) < 4.78 is 0. The Morgan fingerprint density at radius 2 is 1.69 bits per heavy atom. The van der Waals surface area contributed by atoms with Crippen LogP contribution in [0.5, 0.6) is 0 Å². The predicted molar refractivity (Wildman–Crippen MR) is 100 cm³/mol. The van der Waals surface area contributed by atoms with Crippen LogP contribution in [0.1, 0.15) is 19.4 Å². The van der Waals surface area contributed by atoms with Gasteiger partial charge in [-0.1, -0.05) is 42.5 Å². The van der Waals surface area contributed by atoms with Crippen LogP contribution in [0.4, 0.5) is 0 Å². The zero-order valence-corrected chi connectivity index (χ0v) is 14.9. The van der Waals surface area contributed by atoms with Crippen molar-refractivity contribution < 1.29 is 14.4 Å². The van der Waals surface area contributed by atoms with E-state index in [4.69, 9.17) is 5.73 Å². The van der Waals surface area contributed by atoms with Crippen LogP contribution in [0, 0.1) is 0 Å². The maximum Gasteiger partial charge on any atom is 0.244 e. The normalized spacial score (nSPS) is 12.9. The molecule has 2 atom stereocenters. The van der Waals surface area contributed by atoms with Gasteiger partial charge in [-0.2, -0.15) is 0 Å². The number of carbonyl (C=O) groups excluding carboxylic acids is 3. The predicted octanol–water partition coefficient (Wildman–Crippen LogP) is 0.424. The van der Waals surface area contributed by atoms with Crippen LogP contribution in [0.2, 0.25) is 0 Å². The lowest BCUT2D eigenvalue weighted by molar-refractivity contribution is -0.129.